The van der Waals surface area contributed by atoms with E-state index in [2.05, 4.69) is 0 Å². The molecule has 1 aliphatic heterocycles. The molecular formula is C35H44O11. The van der Waals surface area contributed by atoms with Crippen LogP contribution < -0.4 is 4.74 Å². The number of epoxide rings is 1. The highest BCUT2D eigenvalue weighted by molar-refractivity contribution is 5.96. The summed E-state index contributed by atoms with van der Waals surface area (Å²) < 4.78 is 35.4. The van der Waals surface area contributed by atoms with E-state index >= 15 is 0 Å². The van der Waals surface area contributed by atoms with Gasteiger partial charge in [0.25, 0.3) is 0 Å². The molecule has 0 aromatic heterocycles. The standard InChI is InChI=1S/C35H44O11/c1-17-15-35-32(45-25(39)14-23-10-12-24(41-9)13-11-23)18(2)16-34(35,46-35)31(40)19(3)29(43-21(5)37)26-27(33(26,7)8)30(44-22(6)38)28(17)42-20(4)36/h10-13,15,18-19,26-30,32H,14,16H2,1-9H3/b17-15+/t18-,19+,26-,27+,28+,29-,30-,32-,34-,35-/m0/s1. The van der Waals surface area contributed by atoms with Gasteiger partial charge >= 0.3 is 23.9 Å². The molecule has 0 spiro atoms. The maximum Gasteiger partial charge on any atom is 0.310 e. The number of hydrogen-bond donors (Lipinski definition) is 0. The fraction of sp³-hybridized carbons (Fsp3) is 0.629. The lowest BCUT2D eigenvalue weighted by Crippen LogP contribution is -2.43. The highest BCUT2D eigenvalue weighted by Gasteiger charge is 2.84. The summed E-state index contributed by atoms with van der Waals surface area (Å²) in [7, 11) is 1.56. The maximum atomic E-state index is 14.6. The molecule has 10 atom stereocenters. The number of esters is 4. The van der Waals surface area contributed by atoms with Gasteiger partial charge in [0, 0.05) is 32.6 Å². The largest absolute Gasteiger partial charge is 0.497 e. The lowest BCUT2D eigenvalue weighted by Gasteiger charge is -2.30. The van der Waals surface area contributed by atoms with Crippen molar-refractivity contribution >= 4 is 29.7 Å². The van der Waals surface area contributed by atoms with Crippen LogP contribution in [-0.4, -0.2) is 72.4 Å². The molecule has 2 saturated carbocycles. The van der Waals surface area contributed by atoms with Crippen LogP contribution >= 0.6 is 0 Å². The average molecular weight is 641 g/mol. The molecule has 0 bridgehead atoms. The Hall–Kier alpha value is -3.73. The van der Waals surface area contributed by atoms with Crippen LogP contribution in [-0.2, 0) is 54.1 Å². The fourth-order valence-electron chi connectivity index (χ4n) is 8.31. The third kappa shape index (κ3) is 5.60. The van der Waals surface area contributed by atoms with Crippen molar-refractivity contribution in [1.82, 2.24) is 0 Å². The van der Waals surface area contributed by atoms with E-state index in [-0.39, 0.29) is 24.5 Å². The zero-order chi connectivity index (χ0) is 33.9. The fourth-order valence-corrected chi connectivity index (χ4v) is 8.31. The quantitative estimate of drug-likeness (QED) is 0.185. The summed E-state index contributed by atoms with van der Waals surface area (Å²) in [4.78, 5) is 65.3. The first-order valence-corrected chi connectivity index (χ1v) is 15.8. The summed E-state index contributed by atoms with van der Waals surface area (Å²) in [6.45, 7) is 13.1. The molecule has 4 aliphatic rings. The van der Waals surface area contributed by atoms with Gasteiger partial charge in [-0.1, -0.05) is 39.8 Å². The van der Waals surface area contributed by atoms with Gasteiger partial charge < -0.3 is 28.4 Å². The summed E-state index contributed by atoms with van der Waals surface area (Å²) in [5.74, 6) is -3.73. The number of Topliss-reactive ketones (excluding diaryl/α,β-unsaturated/α-hetero) is 1. The van der Waals surface area contributed by atoms with E-state index in [1.54, 1.807) is 51.3 Å². The van der Waals surface area contributed by atoms with Crippen LogP contribution in [0.5, 0.6) is 5.75 Å². The summed E-state index contributed by atoms with van der Waals surface area (Å²) in [6, 6.07) is 7.06. The van der Waals surface area contributed by atoms with E-state index in [1.807, 2.05) is 20.8 Å². The van der Waals surface area contributed by atoms with Crippen molar-refractivity contribution in [2.45, 2.75) is 104 Å². The lowest BCUT2D eigenvalue weighted by molar-refractivity contribution is -0.166. The Morgan fingerprint density at radius 3 is 2.00 bits per heavy atom. The average Bonchev–Trinajstić information content (AvgIpc) is 3.76. The van der Waals surface area contributed by atoms with Gasteiger partial charge in [-0.2, -0.15) is 0 Å². The molecule has 1 aromatic rings. The number of benzene rings is 1. The predicted molar refractivity (Wildman–Crippen MR) is 162 cm³/mol. The normalized spacial score (nSPS) is 38.3. The van der Waals surface area contributed by atoms with Gasteiger partial charge in [0.05, 0.1) is 19.4 Å². The van der Waals surface area contributed by atoms with Crippen molar-refractivity contribution < 1.29 is 52.4 Å². The Bertz CT molecular complexity index is 1460. The molecule has 0 N–H and O–H groups in total. The number of carbonyl (C=O) groups excluding carboxylic acids is 5. The number of rotatable bonds is 7. The predicted octanol–water partition coefficient (Wildman–Crippen LogP) is 3.93. The van der Waals surface area contributed by atoms with E-state index in [0.717, 1.165) is 5.56 Å². The Kier molecular flexibility index (Phi) is 8.64. The number of carbonyl (C=O) groups is 5. The van der Waals surface area contributed by atoms with Crippen LogP contribution in [0.15, 0.2) is 35.9 Å². The molecule has 11 nitrogen and oxygen atoms in total. The second-order valence-corrected chi connectivity index (χ2v) is 13.9. The van der Waals surface area contributed by atoms with Crippen molar-refractivity contribution in [3.05, 3.63) is 41.5 Å². The van der Waals surface area contributed by atoms with Crippen LogP contribution in [0.2, 0.25) is 0 Å². The number of ether oxygens (including phenoxy) is 6. The Labute approximate surface area is 269 Å². The van der Waals surface area contributed by atoms with Crippen molar-refractivity contribution in [1.29, 1.82) is 0 Å². The zero-order valence-electron chi connectivity index (χ0n) is 27.9. The minimum atomic E-state index is -1.37. The second-order valence-electron chi connectivity index (χ2n) is 13.9. The van der Waals surface area contributed by atoms with E-state index in [1.165, 1.54) is 20.8 Å². The van der Waals surface area contributed by atoms with Crippen molar-refractivity contribution in [3.63, 3.8) is 0 Å². The highest BCUT2D eigenvalue weighted by Crippen LogP contribution is 2.69. The minimum absolute atomic E-state index is 0.0130. The Morgan fingerprint density at radius 1 is 0.870 bits per heavy atom. The third-order valence-electron chi connectivity index (χ3n) is 10.3. The van der Waals surface area contributed by atoms with Gasteiger partial charge in [0.15, 0.2) is 23.1 Å². The summed E-state index contributed by atoms with van der Waals surface area (Å²) in [5, 5.41) is 0. The van der Waals surface area contributed by atoms with Gasteiger partial charge in [0.2, 0.25) is 0 Å². The molecule has 1 heterocycles. The number of hydrogen-bond acceptors (Lipinski definition) is 11. The maximum absolute atomic E-state index is 14.6. The zero-order valence-corrected chi connectivity index (χ0v) is 27.9. The highest BCUT2D eigenvalue weighted by atomic mass is 16.7. The molecule has 5 rings (SSSR count). The SMILES string of the molecule is COc1ccc(CC(=O)O[C@H]2[C@@H](C)C[C@@]34O[C@@]23/C=C(\C)[C@@H](OC(C)=O)[C@@H](OC(C)=O)[C@H]2[C@@H]([C@@H](OC(C)=O)[C@@H](C)C4=O)C2(C)C)cc1. The molecule has 1 saturated heterocycles. The van der Waals surface area contributed by atoms with Gasteiger partial charge in [-0.15, -0.1) is 0 Å². The first-order chi connectivity index (χ1) is 21.5. The van der Waals surface area contributed by atoms with Crippen LogP contribution in [0.4, 0.5) is 0 Å². The Morgan fingerprint density at radius 2 is 1.43 bits per heavy atom. The number of fused-ring (bicyclic) bond motifs is 1. The van der Waals surface area contributed by atoms with Crippen LogP contribution in [0.3, 0.4) is 0 Å². The van der Waals surface area contributed by atoms with Gasteiger partial charge in [-0.3, -0.25) is 24.0 Å². The number of ketones is 1. The summed E-state index contributed by atoms with van der Waals surface area (Å²) >= 11 is 0. The second kappa shape index (κ2) is 11.8. The molecule has 1 aromatic carbocycles. The molecule has 3 aliphatic carbocycles. The Balaban J connectivity index is 1.59. The third-order valence-corrected chi connectivity index (χ3v) is 10.3. The van der Waals surface area contributed by atoms with E-state index in [0.29, 0.717) is 11.3 Å². The molecule has 3 fully saturated rings. The lowest BCUT2D eigenvalue weighted by atomic mass is 9.80. The topological polar surface area (TPSA) is 144 Å². The van der Waals surface area contributed by atoms with E-state index in [4.69, 9.17) is 28.4 Å². The van der Waals surface area contributed by atoms with E-state index < -0.39 is 82.7 Å². The molecule has 46 heavy (non-hydrogen) atoms. The van der Waals surface area contributed by atoms with Gasteiger partial charge in [0.1, 0.15) is 24.1 Å². The molecule has 11 heteroatoms. The molecular weight excluding hydrogens is 596 g/mol. The molecule has 0 radical (unpaired) electrons. The van der Waals surface area contributed by atoms with Crippen LogP contribution in [0.25, 0.3) is 0 Å². The molecule has 0 amide bonds. The smallest absolute Gasteiger partial charge is 0.310 e. The van der Waals surface area contributed by atoms with Crippen LogP contribution in [0.1, 0.15) is 67.4 Å². The van der Waals surface area contributed by atoms with Gasteiger partial charge in [-0.05, 0) is 54.0 Å². The van der Waals surface area contributed by atoms with Gasteiger partial charge in [-0.25, -0.2) is 0 Å². The van der Waals surface area contributed by atoms with E-state index in [9.17, 15) is 24.0 Å². The number of methoxy groups -OCH3 is 1. The molecule has 250 valence electrons. The summed E-state index contributed by atoms with van der Waals surface area (Å²) in [6.07, 6.45) is -1.75. The first-order valence-electron chi connectivity index (χ1n) is 15.8. The monoisotopic (exact) mass is 640 g/mol. The molecule has 0 unspecified atom stereocenters. The van der Waals surface area contributed by atoms with Crippen molar-refractivity contribution in [2.75, 3.05) is 7.11 Å². The van der Waals surface area contributed by atoms with Crippen molar-refractivity contribution in [2.24, 2.45) is 29.1 Å². The van der Waals surface area contributed by atoms with Crippen LogP contribution in [0, 0.1) is 29.1 Å². The first kappa shape index (κ1) is 33.6. The van der Waals surface area contributed by atoms with Crippen molar-refractivity contribution in [3.8, 4) is 5.75 Å². The minimum Gasteiger partial charge on any atom is -0.497 e. The summed E-state index contributed by atoms with van der Waals surface area (Å²) in [5.41, 5.74) is -2.08.